The molecular weight excluding hydrogens is 268 g/mol. The summed E-state index contributed by atoms with van der Waals surface area (Å²) in [6, 6.07) is 13.1. The van der Waals surface area contributed by atoms with Gasteiger partial charge in [-0.15, -0.1) is 0 Å². The van der Waals surface area contributed by atoms with Crippen molar-refractivity contribution in [2.75, 3.05) is 5.32 Å². The molecule has 0 radical (unpaired) electrons. The maximum atomic E-state index is 12.0. The van der Waals surface area contributed by atoms with Crippen LogP contribution in [0.1, 0.15) is 35.7 Å². The Kier molecular flexibility index (Phi) is 4.33. The topological polar surface area (TPSA) is 72.2 Å². The van der Waals surface area contributed by atoms with Crippen LogP contribution in [0.3, 0.4) is 0 Å². The Labute approximate surface area is 122 Å². The number of carbonyl (C=O) groups is 1. The van der Waals surface area contributed by atoms with Gasteiger partial charge in [0.25, 0.3) is 11.6 Å². The van der Waals surface area contributed by atoms with Crippen molar-refractivity contribution in [1.82, 2.24) is 0 Å². The van der Waals surface area contributed by atoms with Gasteiger partial charge < -0.3 is 5.32 Å². The first-order chi connectivity index (χ1) is 9.97. The van der Waals surface area contributed by atoms with E-state index in [0.717, 1.165) is 0 Å². The van der Waals surface area contributed by atoms with Gasteiger partial charge in [0.05, 0.1) is 4.92 Å². The second-order valence-electron chi connectivity index (χ2n) is 5.03. The number of non-ortho nitro benzene ring substituents is 1. The van der Waals surface area contributed by atoms with Crippen molar-refractivity contribution in [2.45, 2.75) is 19.8 Å². The molecule has 2 aromatic rings. The third kappa shape index (κ3) is 3.66. The molecule has 5 nitrogen and oxygen atoms in total. The molecule has 0 aliphatic rings. The van der Waals surface area contributed by atoms with Gasteiger partial charge in [0.2, 0.25) is 0 Å². The first kappa shape index (κ1) is 14.7. The number of nitro benzene ring substituents is 1. The van der Waals surface area contributed by atoms with Crippen LogP contribution >= 0.6 is 0 Å². The largest absolute Gasteiger partial charge is 0.322 e. The van der Waals surface area contributed by atoms with Crippen molar-refractivity contribution in [2.24, 2.45) is 0 Å². The fraction of sp³-hybridized carbons (Fsp3) is 0.188. The number of benzene rings is 2. The van der Waals surface area contributed by atoms with Crippen LogP contribution < -0.4 is 5.32 Å². The minimum absolute atomic E-state index is 0.0344. The molecule has 0 bridgehead atoms. The van der Waals surface area contributed by atoms with Crippen LogP contribution in [0.2, 0.25) is 0 Å². The maximum absolute atomic E-state index is 12.0. The predicted octanol–water partition coefficient (Wildman–Crippen LogP) is 3.97. The standard InChI is InChI=1S/C16H16N2O3/c1-11(2)12-3-7-14(8-4-12)17-16(19)13-5-9-15(10-6-13)18(20)21/h3-11H,1-2H3,(H,17,19). The first-order valence-electron chi connectivity index (χ1n) is 6.63. The van der Waals surface area contributed by atoms with E-state index in [0.29, 0.717) is 17.2 Å². The second-order valence-corrected chi connectivity index (χ2v) is 5.03. The van der Waals surface area contributed by atoms with Gasteiger partial charge in [-0.05, 0) is 35.7 Å². The van der Waals surface area contributed by atoms with Gasteiger partial charge in [-0.3, -0.25) is 14.9 Å². The molecule has 0 aromatic heterocycles. The number of hydrogen-bond donors (Lipinski definition) is 1. The molecule has 0 atom stereocenters. The molecule has 21 heavy (non-hydrogen) atoms. The SMILES string of the molecule is CC(C)c1ccc(NC(=O)c2ccc([N+](=O)[O-])cc2)cc1. The number of carbonyl (C=O) groups excluding carboxylic acids is 1. The zero-order valence-corrected chi connectivity index (χ0v) is 11.9. The number of nitrogens with zero attached hydrogens (tertiary/aromatic N) is 1. The molecule has 5 heteroatoms. The van der Waals surface area contributed by atoms with Crippen molar-refractivity contribution in [3.8, 4) is 0 Å². The number of nitro groups is 1. The highest BCUT2D eigenvalue weighted by molar-refractivity contribution is 6.04. The van der Waals surface area contributed by atoms with E-state index in [9.17, 15) is 14.9 Å². The summed E-state index contributed by atoms with van der Waals surface area (Å²) in [6.45, 7) is 4.20. The number of amides is 1. The van der Waals surface area contributed by atoms with Crippen molar-refractivity contribution in [1.29, 1.82) is 0 Å². The fourth-order valence-corrected chi connectivity index (χ4v) is 1.89. The molecule has 0 saturated carbocycles. The Hall–Kier alpha value is -2.69. The van der Waals surface area contributed by atoms with Crippen LogP contribution in [-0.2, 0) is 0 Å². The zero-order chi connectivity index (χ0) is 15.4. The molecule has 0 aliphatic carbocycles. The summed E-state index contributed by atoms with van der Waals surface area (Å²) in [4.78, 5) is 22.1. The highest BCUT2D eigenvalue weighted by Gasteiger charge is 2.09. The van der Waals surface area contributed by atoms with Crippen molar-refractivity contribution >= 4 is 17.3 Å². The summed E-state index contributed by atoms with van der Waals surface area (Å²) in [6.07, 6.45) is 0. The molecule has 0 unspecified atom stereocenters. The number of nitrogens with one attached hydrogen (secondary N) is 1. The fourth-order valence-electron chi connectivity index (χ4n) is 1.89. The van der Waals surface area contributed by atoms with Gasteiger partial charge in [-0.25, -0.2) is 0 Å². The zero-order valence-electron chi connectivity index (χ0n) is 11.9. The molecule has 0 saturated heterocycles. The van der Waals surface area contributed by atoms with Gasteiger partial charge in [0.1, 0.15) is 0 Å². The maximum Gasteiger partial charge on any atom is 0.269 e. The smallest absolute Gasteiger partial charge is 0.269 e. The molecule has 2 rings (SSSR count). The Bertz CT molecular complexity index is 646. The molecule has 0 aliphatic heterocycles. The van der Waals surface area contributed by atoms with Crippen LogP contribution in [0, 0.1) is 10.1 Å². The number of hydrogen-bond acceptors (Lipinski definition) is 3. The molecule has 2 aromatic carbocycles. The van der Waals surface area contributed by atoms with E-state index in [1.54, 1.807) is 0 Å². The molecule has 1 N–H and O–H groups in total. The average Bonchev–Trinajstić information content (AvgIpc) is 2.47. The van der Waals surface area contributed by atoms with Crippen molar-refractivity contribution in [3.63, 3.8) is 0 Å². The third-order valence-corrected chi connectivity index (χ3v) is 3.18. The highest BCUT2D eigenvalue weighted by Crippen LogP contribution is 2.18. The molecule has 0 fully saturated rings. The molecule has 108 valence electrons. The van der Waals surface area contributed by atoms with Gasteiger partial charge >= 0.3 is 0 Å². The van der Waals surface area contributed by atoms with E-state index in [1.807, 2.05) is 24.3 Å². The summed E-state index contributed by atoms with van der Waals surface area (Å²) < 4.78 is 0. The summed E-state index contributed by atoms with van der Waals surface area (Å²) >= 11 is 0. The lowest BCUT2D eigenvalue weighted by molar-refractivity contribution is -0.384. The summed E-state index contributed by atoms with van der Waals surface area (Å²) in [5.74, 6) is 0.145. The lowest BCUT2D eigenvalue weighted by Gasteiger charge is -2.08. The van der Waals surface area contributed by atoms with Crippen molar-refractivity contribution < 1.29 is 9.72 Å². The molecule has 1 amide bonds. The lowest BCUT2D eigenvalue weighted by Crippen LogP contribution is -2.11. The Morgan fingerprint density at radius 2 is 1.62 bits per heavy atom. The van der Waals surface area contributed by atoms with Crippen molar-refractivity contribution in [3.05, 3.63) is 69.8 Å². The van der Waals surface area contributed by atoms with Gasteiger partial charge in [-0.2, -0.15) is 0 Å². The molecule has 0 heterocycles. The van der Waals surface area contributed by atoms with Crippen LogP contribution in [0.4, 0.5) is 11.4 Å². The van der Waals surface area contributed by atoms with E-state index in [1.165, 1.54) is 29.8 Å². The monoisotopic (exact) mass is 284 g/mol. The second kappa shape index (κ2) is 6.17. The number of anilines is 1. The van der Waals surface area contributed by atoms with E-state index in [2.05, 4.69) is 19.2 Å². The van der Waals surface area contributed by atoms with E-state index in [-0.39, 0.29) is 11.6 Å². The Balaban J connectivity index is 2.08. The molecular formula is C16H16N2O3. The van der Waals surface area contributed by atoms with Gasteiger partial charge in [0.15, 0.2) is 0 Å². The normalized spacial score (nSPS) is 10.4. The Morgan fingerprint density at radius 3 is 2.10 bits per heavy atom. The summed E-state index contributed by atoms with van der Waals surface area (Å²) in [5, 5.41) is 13.3. The van der Waals surface area contributed by atoms with Crippen LogP contribution in [0.5, 0.6) is 0 Å². The lowest BCUT2D eigenvalue weighted by atomic mass is 10.0. The van der Waals surface area contributed by atoms with Crippen LogP contribution in [0.25, 0.3) is 0 Å². The minimum Gasteiger partial charge on any atom is -0.322 e. The van der Waals surface area contributed by atoms with E-state index in [4.69, 9.17) is 0 Å². The number of rotatable bonds is 4. The van der Waals surface area contributed by atoms with E-state index >= 15 is 0 Å². The first-order valence-corrected chi connectivity index (χ1v) is 6.63. The van der Waals surface area contributed by atoms with Gasteiger partial charge in [0, 0.05) is 23.4 Å². The average molecular weight is 284 g/mol. The van der Waals surface area contributed by atoms with Gasteiger partial charge in [-0.1, -0.05) is 26.0 Å². The quantitative estimate of drug-likeness (QED) is 0.682. The van der Waals surface area contributed by atoms with E-state index < -0.39 is 4.92 Å². The molecule has 0 spiro atoms. The minimum atomic E-state index is -0.494. The van der Waals surface area contributed by atoms with Crippen LogP contribution in [-0.4, -0.2) is 10.8 Å². The summed E-state index contributed by atoms with van der Waals surface area (Å²) in [7, 11) is 0. The summed E-state index contributed by atoms with van der Waals surface area (Å²) in [5.41, 5.74) is 2.24. The predicted molar refractivity (Wildman–Crippen MR) is 81.6 cm³/mol. The Morgan fingerprint density at radius 1 is 1.05 bits per heavy atom. The highest BCUT2D eigenvalue weighted by atomic mass is 16.6. The van der Waals surface area contributed by atoms with Crippen LogP contribution in [0.15, 0.2) is 48.5 Å². The third-order valence-electron chi connectivity index (χ3n) is 3.18.